The van der Waals surface area contributed by atoms with Gasteiger partial charge in [-0.3, -0.25) is 4.90 Å². The minimum atomic E-state index is -0.532. The van der Waals surface area contributed by atoms with Crippen LogP contribution in [0.2, 0.25) is 0 Å². The predicted octanol–water partition coefficient (Wildman–Crippen LogP) is 3.72. The molecule has 2 nitrogen and oxygen atoms in total. The Morgan fingerprint density at radius 3 is 2.43 bits per heavy atom. The SMILES string of the molecule is C=C(C)C[C@@H](c1ccc(F)cc1F)N1CCNCC1.Cl.Cl. The third-order valence-electron chi connectivity index (χ3n) is 3.46. The van der Waals surface area contributed by atoms with Crippen LogP contribution in [0.1, 0.15) is 24.9 Å². The van der Waals surface area contributed by atoms with Crippen LogP contribution in [0.3, 0.4) is 0 Å². The molecule has 1 aromatic rings. The maximum Gasteiger partial charge on any atom is 0.130 e. The lowest BCUT2D eigenvalue weighted by Crippen LogP contribution is -2.45. The molecular formula is C15H22Cl2F2N2. The van der Waals surface area contributed by atoms with E-state index in [1.165, 1.54) is 6.07 Å². The molecule has 1 atom stereocenters. The molecule has 0 bridgehead atoms. The van der Waals surface area contributed by atoms with Crippen molar-refractivity contribution < 1.29 is 8.78 Å². The molecule has 6 heteroatoms. The van der Waals surface area contributed by atoms with Gasteiger partial charge in [-0.15, -0.1) is 31.4 Å². The van der Waals surface area contributed by atoms with Crippen LogP contribution >= 0.6 is 24.8 Å². The maximum atomic E-state index is 14.0. The van der Waals surface area contributed by atoms with Gasteiger partial charge in [0.1, 0.15) is 11.6 Å². The van der Waals surface area contributed by atoms with Crippen molar-refractivity contribution in [3.05, 3.63) is 47.5 Å². The quantitative estimate of drug-likeness (QED) is 0.841. The van der Waals surface area contributed by atoms with E-state index in [9.17, 15) is 8.78 Å². The molecule has 0 aliphatic carbocycles. The van der Waals surface area contributed by atoms with Crippen molar-refractivity contribution in [3.8, 4) is 0 Å². The first-order valence-corrected chi connectivity index (χ1v) is 6.62. The monoisotopic (exact) mass is 338 g/mol. The highest BCUT2D eigenvalue weighted by atomic mass is 35.5. The van der Waals surface area contributed by atoms with E-state index in [-0.39, 0.29) is 30.9 Å². The van der Waals surface area contributed by atoms with Crippen LogP contribution in [0.25, 0.3) is 0 Å². The standard InChI is InChI=1S/C15H20F2N2.2ClH/c1-11(2)9-15(19-7-5-18-6-8-19)13-4-3-12(16)10-14(13)17;;/h3-4,10,15,18H,1,5-9H2,2H3;2*1H/t15-;;/m0../s1. The van der Waals surface area contributed by atoms with E-state index in [1.54, 1.807) is 6.07 Å². The number of halogens is 4. The van der Waals surface area contributed by atoms with Crippen molar-refractivity contribution >= 4 is 24.8 Å². The average Bonchev–Trinajstić information content (AvgIpc) is 2.37. The fourth-order valence-corrected chi connectivity index (χ4v) is 2.53. The number of nitrogens with one attached hydrogen (secondary N) is 1. The summed E-state index contributed by atoms with van der Waals surface area (Å²) in [5.41, 5.74) is 1.57. The van der Waals surface area contributed by atoms with E-state index in [0.717, 1.165) is 37.8 Å². The fourth-order valence-electron chi connectivity index (χ4n) is 2.53. The molecule has 0 radical (unpaired) electrons. The van der Waals surface area contributed by atoms with Crippen molar-refractivity contribution in [1.82, 2.24) is 10.2 Å². The molecule has 1 heterocycles. The Morgan fingerprint density at radius 1 is 1.29 bits per heavy atom. The van der Waals surface area contributed by atoms with Crippen LogP contribution in [-0.2, 0) is 0 Å². The Labute approximate surface area is 137 Å². The van der Waals surface area contributed by atoms with Gasteiger partial charge in [-0.25, -0.2) is 8.78 Å². The second kappa shape index (κ2) is 9.36. The molecule has 1 saturated heterocycles. The van der Waals surface area contributed by atoms with Gasteiger partial charge in [-0.1, -0.05) is 11.6 Å². The number of hydrogen-bond acceptors (Lipinski definition) is 2. The third kappa shape index (κ3) is 5.55. The van der Waals surface area contributed by atoms with E-state index >= 15 is 0 Å². The Morgan fingerprint density at radius 2 is 1.90 bits per heavy atom. The van der Waals surface area contributed by atoms with Gasteiger partial charge in [0, 0.05) is 43.9 Å². The summed E-state index contributed by atoms with van der Waals surface area (Å²) in [5, 5.41) is 3.28. The van der Waals surface area contributed by atoms with Crippen molar-refractivity contribution in [2.45, 2.75) is 19.4 Å². The third-order valence-corrected chi connectivity index (χ3v) is 3.46. The lowest BCUT2D eigenvalue weighted by molar-refractivity contribution is 0.169. The van der Waals surface area contributed by atoms with Crippen LogP contribution in [0, 0.1) is 11.6 Å². The molecule has 0 amide bonds. The van der Waals surface area contributed by atoms with Crippen LogP contribution in [0.4, 0.5) is 8.78 Å². The maximum absolute atomic E-state index is 14.0. The molecule has 0 unspecified atom stereocenters. The summed E-state index contributed by atoms with van der Waals surface area (Å²) in [5.74, 6) is -1.000. The van der Waals surface area contributed by atoms with Gasteiger partial charge in [-0.2, -0.15) is 0 Å². The Balaban J connectivity index is 0.00000200. The molecule has 2 rings (SSSR count). The van der Waals surface area contributed by atoms with Gasteiger partial charge in [0.05, 0.1) is 0 Å². The van der Waals surface area contributed by atoms with E-state index in [2.05, 4.69) is 16.8 Å². The van der Waals surface area contributed by atoms with E-state index in [0.29, 0.717) is 12.0 Å². The van der Waals surface area contributed by atoms with Gasteiger partial charge in [0.25, 0.3) is 0 Å². The molecule has 0 saturated carbocycles. The summed E-state index contributed by atoms with van der Waals surface area (Å²) in [6, 6.07) is 3.79. The highest BCUT2D eigenvalue weighted by molar-refractivity contribution is 5.85. The second-order valence-electron chi connectivity index (χ2n) is 5.13. The zero-order chi connectivity index (χ0) is 13.8. The number of hydrogen-bond donors (Lipinski definition) is 1. The van der Waals surface area contributed by atoms with Crippen LogP contribution < -0.4 is 5.32 Å². The summed E-state index contributed by atoms with van der Waals surface area (Å²) in [6.45, 7) is 9.40. The first-order valence-electron chi connectivity index (χ1n) is 6.62. The molecule has 1 N–H and O–H groups in total. The normalized spacial score (nSPS) is 16.5. The number of piperazine rings is 1. The minimum absolute atomic E-state index is 0. The van der Waals surface area contributed by atoms with Gasteiger partial charge < -0.3 is 5.32 Å². The summed E-state index contributed by atoms with van der Waals surface area (Å²) in [7, 11) is 0. The molecule has 1 aliphatic rings. The van der Waals surface area contributed by atoms with Crippen molar-refractivity contribution in [3.63, 3.8) is 0 Å². The van der Waals surface area contributed by atoms with E-state index < -0.39 is 11.6 Å². The zero-order valence-corrected chi connectivity index (χ0v) is 13.7. The fraction of sp³-hybridized carbons (Fsp3) is 0.467. The summed E-state index contributed by atoms with van der Waals surface area (Å²) in [4.78, 5) is 2.24. The number of benzene rings is 1. The Kier molecular flexibility index (Phi) is 9.06. The van der Waals surface area contributed by atoms with Crippen molar-refractivity contribution in [1.29, 1.82) is 0 Å². The van der Waals surface area contributed by atoms with Gasteiger partial charge in [-0.05, 0) is 19.4 Å². The van der Waals surface area contributed by atoms with Gasteiger partial charge in [0.15, 0.2) is 0 Å². The van der Waals surface area contributed by atoms with Crippen LogP contribution in [-0.4, -0.2) is 31.1 Å². The highest BCUT2D eigenvalue weighted by Crippen LogP contribution is 2.29. The molecular weight excluding hydrogens is 317 g/mol. The molecule has 1 aliphatic heterocycles. The second-order valence-corrected chi connectivity index (χ2v) is 5.13. The van der Waals surface area contributed by atoms with Crippen LogP contribution in [0.15, 0.2) is 30.4 Å². The lowest BCUT2D eigenvalue weighted by Gasteiger charge is -2.35. The summed E-state index contributed by atoms with van der Waals surface area (Å²) in [6.07, 6.45) is 0.697. The smallest absolute Gasteiger partial charge is 0.130 e. The van der Waals surface area contributed by atoms with Gasteiger partial charge >= 0.3 is 0 Å². The lowest BCUT2D eigenvalue weighted by atomic mass is 9.97. The van der Waals surface area contributed by atoms with E-state index in [4.69, 9.17) is 0 Å². The first kappa shape index (κ1) is 20.3. The molecule has 1 aromatic carbocycles. The van der Waals surface area contributed by atoms with Gasteiger partial charge in [0.2, 0.25) is 0 Å². The molecule has 21 heavy (non-hydrogen) atoms. The molecule has 120 valence electrons. The number of nitrogens with zero attached hydrogens (tertiary/aromatic N) is 1. The Bertz CT molecular complexity index is 463. The zero-order valence-electron chi connectivity index (χ0n) is 12.1. The minimum Gasteiger partial charge on any atom is -0.314 e. The highest BCUT2D eigenvalue weighted by Gasteiger charge is 2.24. The van der Waals surface area contributed by atoms with Crippen LogP contribution in [0.5, 0.6) is 0 Å². The van der Waals surface area contributed by atoms with Crippen molar-refractivity contribution in [2.24, 2.45) is 0 Å². The topological polar surface area (TPSA) is 15.3 Å². The average molecular weight is 339 g/mol. The van der Waals surface area contributed by atoms with E-state index in [1.807, 2.05) is 6.92 Å². The first-order chi connectivity index (χ1) is 9.08. The summed E-state index contributed by atoms with van der Waals surface area (Å²) >= 11 is 0. The number of rotatable bonds is 4. The summed E-state index contributed by atoms with van der Waals surface area (Å²) < 4.78 is 27.0. The largest absolute Gasteiger partial charge is 0.314 e. The van der Waals surface area contributed by atoms with Crippen molar-refractivity contribution in [2.75, 3.05) is 26.2 Å². The molecule has 0 spiro atoms. The molecule has 1 fully saturated rings. The molecule has 0 aromatic heterocycles. The predicted molar refractivity (Wildman–Crippen MR) is 87.5 cm³/mol. The Hall–Kier alpha value is -0.680.